The number of rotatable bonds is 5. The van der Waals surface area contributed by atoms with Gasteiger partial charge in [-0.2, -0.15) is 4.99 Å². The monoisotopic (exact) mass is 314 g/mol. The van der Waals surface area contributed by atoms with E-state index in [4.69, 9.17) is 5.41 Å². The van der Waals surface area contributed by atoms with E-state index in [1.807, 2.05) is 13.1 Å². The molecule has 0 aromatic rings. The van der Waals surface area contributed by atoms with E-state index in [-0.39, 0.29) is 5.84 Å². The first-order chi connectivity index (χ1) is 11.2. The van der Waals surface area contributed by atoms with Gasteiger partial charge < -0.3 is 10.6 Å². The Labute approximate surface area is 140 Å². The lowest BCUT2D eigenvalue weighted by atomic mass is 9.97. The van der Waals surface area contributed by atoms with Crippen LogP contribution < -0.4 is 10.6 Å². The molecule has 1 fully saturated rings. The van der Waals surface area contributed by atoms with Crippen molar-refractivity contribution in [2.45, 2.75) is 51.0 Å². The third kappa shape index (κ3) is 7.63. The standard InChI is InChI=1S/C19H30N4/c1-4-6-13-16(12-5-2)18(20)23-19(21-3)22-17-14-10-8-7-9-11-15-17/h4-6,12-13,17H,1-2,7-11,14-15H2,3H3,(H3,20,21,22,23)/b13-6-,16-12+. The van der Waals surface area contributed by atoms with Crippen molar-refractivity contribution in [3.05, 3.63) is 49.1 Å². The first kappa shape index (κ1) is 18.9. The summed E-state index contributed by atoms with van der Waals surface area (Å²) in [5.74, 6) is 0.855. The van der Waals surface area contributed by atoms with Crippen molar-refractivity contribution < 1.29 is 0 Å². The Morgan fingerprint density at radius 1 is 1.09 bits per heavy atom. The van der Waals surface area contributed by atoms with Crippen molar-refractivity contribution in [1.29, 1.82) is 5.41 Å². The largest absolute Gasteiger partial charge is 0.359 e. The average Bonchev–Trinajstić information content (AvgIpc) is 2.52. The van der Waals surface area contributed by atoms with Crippen molar-refractivity contribution >= 4 is 11.8 Å². The lowest BCUT2D eigenvalue weighted by molar-refractivity contribution is 0.426. The summed E-state index contributed by atoms with van der Waals surface area (Å²) in [7, 11) is 1.83. The second-order valence-electron chi connectivity index (χ2n) is 5.70. The molecule has 3 N–H and O–H groups in total. The van der Waals surface area contributed by atoms with Gasteiger partial charge in [0.05, 0.1) is 0 Å². The Morgan fingerprint density at radius 2 is 1.74 bits per heavy atom. The molecule has 4 heteroatoms. The number of guanidine groups is 1. The van der Waals surface area contributed by atoms with Gasteiger partial charge in [0.2, 0.25) is 0 Å². The van der Waals surface area contributed by atoms with E-state index in [1.165, 1.54) is 44.9 Å². The molecule has 0 bridgehead atoms. The molecule has 1 aliphatic rings. The highest BCUT2D eigenvalue weighted by Crippen LogP contribution is 2.17. The van der Waals surface area contributed by atoms with E-state index in [2.05, 4.69) is 28.8 Å². The topological polar surface area (TPSA) is 60.3 Å². The van der Waals surface area contributed by atoms with Crippen LogP contribution in [0.25, 0.3) is 0 Å². The molecule has 0 aromatic heterocycles. The number of hydrogen-bond acceptors (Lipinski definition) is 1. The minimum Gasteiger partial charge on any atom is -0.359 e. The molecule has 23 heavy (non-hydrogen) atoms. The molecular formula is C19H30N4. The Balaban J connectivity index is 2.76. The van der Waals surface area contributed by atoms with Crippen molar-refractivity contribution in [2.24, 2.45) is 4.99 Å². The van der Waals surface area contributed by atoms with Crippen LogP contribution in [-0.2, 0) is 0 Å². The first-order valence-corrected chi connectivity index (χ1v) is 8.45. The zero-order chi connectivity index (χ0) is 16.9. The quantitative estimate of drug-likeness (QED) is 0.406. The maximum atomic E-state index is 8.19. The second kappa shape index (κ2) is 11.5. The van der Waals surface area contributed by atoms with Gasteiger partial charge in [0, 0.05) is 18.7 Å². The molecule has 0 aromatic carbocycles. The zero-order valence-electron chi connectivity index (χ0n) is 14.3. The van der Waals surface area contributed by atoms with Crippen LogP contribution in [0.3, 0.4) is 0 Å². The summed E-state index contributed by atoms with van der Waals surface area (Å²) in [6.45, 7) is 7.34. The Morgan fingerprint density at radius 3 is 2.30 bits per heavy atom. The highest BCUT2D eigenvalue weighted by atomic mass is 15.2. The number of aliphatic imine (C=N–C) groups is 1. The fourth-order valence-electron chi connectivity index (χ4n) is 2.64. The molecule has 126 valence electrons. The maximum absolute atomic E-state index is 8.19. The van der Waals surface area contributed by atoms with Crippen LogP contribution in [0.4, 0.5) is 0 Å². The summed E-state index contributed by atoms with van der Waals surface area (Å²) < 4.78 is 0. The molecule has 0 atom stereocenters. The molecule has 1 rings (SSSR count). The summed E-state index contributed by atoms with van der Waals surface area (Å²) >= 11 is 0. The molecule has 0 heterocycles. The van der Waals surface area contributed by atoms with Crippen molar-refractivity contribution in [3.63, 3.8) is 0 Å². The van der Waals surface area contributed by atoms with E-state index < -0.39 is 0 Å². The molecule has 1 aliphatic carbocycles. The van der Waals surface area contributed by atoms with Gasteiger partial charge in [-0.15, -0.1) is 0 Å². The summed E-state index contributed by atoms with van der Waals surface area (Å²) in [6.07, 6.45) is 17.6. The van der Waals surface area contributed by atoms with E-state index in [1.54, 1.807) is 24.3 Å². The minimum atomic E-state index is 0.200. The smallest absolute Gasteiger partial charge is 0.197 e. The van der Waals surface area contributed by atoms with E-state index in [0.29, 0.717) is 17.6 Å². The van der Waals surface area contributed by atoms with Gasteiger partial charge in [-0.25, -0.2) is 0 Å². The highest BCUT2D eigenvalue weighted by Gasteiger charge is 2.13. The average molecular weight is 314 g/mol. The fraction of sp³-hybridized carbons (Fsp3) is 0.474. The molecule has 0 unspecified atom stereocenters. The third-order valence-corrected chi connectivity index (χ3v) is 3.89. The number of allylic oxidation sites excluding steroid dienone is 4. The molecule has 0 amide bonds. The van der Waals surface area contributed by atoms with Gasteiger partial charge in [-0.1, -0.05) is 75.6 Å². The minimum absolute atomic E-state index is 0.200. The lowest BCUT2D eigenvalue weighted by Gasteiger charge is -2.22. The Kier molecular flexibility index (Phi) is 9.45. The summed E-state index contributed by atoms with van der Waals surface area (Å²) in [6, 6.07) is 0.435. The van der Waals surface area contributed by atoms with E-state index in [0.717, 1.165) is 0 Å². The third-order valence-electron chi connectivity index (χ3n) is 3.89. The molecule has 0 spiro atoms. The van der Waals surface area contributed by atoms with Gasteiger partial charge in [-0.3, -0.25) is 5.41 Å². The van der Waals surface area contributed by atoms with E-state index >= 15 is 0 Å². The van der Waals surface area contributed by atoms with Gasteiger partial charge in [0.1, 0.15) is 0 Å². The van der Waals surface area contributed by atoms with Crippen LogP contribution in [0, 0.1) is 5.41 Å². The van der Waals surface area contributed by atoms with Crippen LogP contribution in [-0.4, -0.2) is 24.9 Å². The van der Waals surface area contributed by atoms with Gasteiger partial charge in [0.25, 0.3) is 0 Å². The molecule has 4 nitrogen and oxygen atoms in total. The molecule has 0 saturated heterocycles. The SMILES string of the molecule is C=C/C=C\C(=C/C=C)C(=N)/N=C(/NC)NC1CCCCCCC1. The van der Waals surface area contributed by atoms with Crippen LogP contribution in [0.5, 0.6) is 0 Å². The highest BCUT2D eigenvalue weighted by molar-refractivity contribution is 6.05. The number of nitrogens with one attached hydrogen (secondary N) is 3. The molecule has 0 radical (unpaired) electrons. The number of nitrogens with zero attached hydrogens (tertiary/aromatic N) is 1. The van der Waals surface area contributed by atoms with E-state index in [9.17, 15) is 0 Å². The van der Waals surface area contributed by atoms with Crippen LogP contribution in [0.2, 0.25) is 0 Å². The first-order valence-electron chi connectivity index (χ1n) is 8.45. The van der Waals surface area contributed by atoms with Crippen molar-refractivity contribution in [1.82, 2.24) is 10.6 Å². The van der Waals surface area contributed by atoms with Gasteiger partial charge in [-0.05, 0) is 12.8 Å². The van der Waals surface area contributed by atoms with Gasteiger partial charge in [0.15, 0.2) is 11.8 Å². The Bertz CT molecular complexity index is 478. The van der Waals surface area contributed by atoms with Gasteiger partial charge >= 0.3 is 0 Å². The van der Waals surface area contributed by atoms with Crippen molar-refractivity contribution in [2.75, 3.05) is 7.05 Å². The number of amidine groups is 1. The number of hydrogen-bond donors (Lipinski definition) is 3. The Hall–Kier alpha value is -2.10. The zero-order valence-corrected chi connectivity index (χ0v) is 14.3. The van der Waals surface area contributed by atoms with Crippen LogP contribution in [0.1, 0.15) is 44.9 Å². The summed E-state index contributed by atoms with van der Waals surface area (Å²) in [4.78, 5) is 4.39. The van der Waals surface area contributed by atoms with Crippen molar-refractivity contribution in [3.8, 4) is 0 Å². The molecular weight excluding hydrogens is 284 g/mol. The molecule has 0 aliphatic heterocycles. The normalized spacial score (nSPS) is 18.1. The lowest BCUT2D eigenvalue weighted by Crippen LogP contribution is -2.42. The predicted molar refractivity (Wildman–Crippen MR) is 101 cm³/mol. The fourth-order valence-corrected chi connectivity index (χ4v) is 2.64. The second-order valence-corrected chi connectivity index (χ2v) is 5.70. The van der Waals surface area contributed by atoms with Crippen LogP contribution in [0.15, 0.2) is 54.1 Å². The molecule has 1 saturated carbocycles. The van der Waals surface area contributed by atoms with Crippen LogP contribution >= 0.6 is 0 Å². The predicted octanol–water partition coefficient (Wildman–Crippen LogP) is 4.10. The summed E-state index contributed by atoms with van der Waals surface area (Å²) in [5, 5.41) is 14.7. The summed E-state index contributed by atoms with van der Waals surface area (Å²) in [5.41, 5.74) is 0.701. The maximum Gasteiger partial charge on any atom is 0.197 e.